The van der Waals surface area contributed by atoms with Crippen molar-refractivity contribution in [2.45, 2.75) is 12.3 Å². The van der Waals surface area contributed by atoms with Gasteiger partial charge in [-0.1, -0.05) is 24.3 Å². The Hall–Kier alpha value is -2.70. The van der Waals surface area contributed by atoms with Crippen molar-refractivity contribution >= 4 is 11.6 Å². The van der Waals surface area contributed by atoms with Crippen LogP contribution in [0.4, 0.5) is 18.9 Å². The zero-order valence-corrected chi connectivity index (χ0v) is 12.8. The smallest absolute Gasteiger partial charge is 0.406 e. The van der Waals surface area contributed by atoms with Crippen LogP contribution in [-0.4, -0.2) is 30.6 Å². The minimum atomic E-state index is -4.49. The molecule has 7 heteroatoms. The number of nitrogens with zero attached hydrogens (tertiary/aromatic N) is 1. The van der Waals surface area contributed by atoms with E-state index in [1.807, 2.05) is 0 Å². The van der Waals surface area contributed by atoms with Gasteiger partial charge in [0.1, 0.15) is 18.5 Å². The summed E-state index contributed by atoms with van der Waals surface area (Å²) < 4.78 is 43.9. The minimum Gasteiger partial charge on any atom is -0.497 e. The highest BCUT2D eigenvalue weighted by Crippen LogP contribution is 2.35. The number of carbonyl (C=O) groups excluding carboxylic acids is 1. The van der Waals surface area contributed by atoms with Crippen LogP contribution in [0.3, 0.4) is 0 Å². The highest BCUT2D eigenvalue weighted by Gasteiger charge is 2.40. The molecule has 0 fully saturated rings. The summed E-state index contributed by atoms with van der Waals surface area (Å²) in [6.07, 6.45) is -5.39. The number of benzene rings is 2. The molecule has 0 aromatic heterocycles. The highest BCUT2D eigenvalue weighted by atomic mass is 19.4. The van der Waals surface area contributed by atoms with Crippen LogP contribution in [0.5, 0.6) is 5.75 Å². The van der Waals surface area contributed by atoms with Gasteiger partial charge >= 0.3 is 6.18 Å². The van der Waals surface area contributed by atoms with Crippen LogP contribution < -0.4 is 10.1 Å². The van der Waals surface area contributed by atoms with Gasteiger partial charge < -0.3 is 15.0 Å². The quantitative estimate of drug-likeness (QED) is 0.926. The maximum Gasteiger partial charge on any atom is 0.406 e. The van der Waals surface area contributed by atoms with Crippen molar-refractivity contribution in [3.63, 3.8) is 0 Å². The molecule has 4 nitrogen and oxygen atoms in total. The molecule has 1 aliphatic rings. The monoisotopic (exact) mass is 336 g/mol. The van der Waals surface area contributed by atoms with Gasteiger partial charge in [0.25, 0.3) is 5.91 Å². The number of carbonyl (C=O) groups is 1. The number of fused-ring (bicyclic) bond motifs is 1. The molecule has 3 rings (SSSR count). The third-order valence-corrected chi connectivity index (χ3v) is 3.80. The van der Waals surface area contributed by atoms with Crippen LogP contribution in [0.2, 0.25) is 0 Å². The zero-order valence-electron chi connectivity index (χ0n) is 12.8. The first-order valence-corrected chi connectivity index (χ1v) is 7.26. The molecule has 1 atom stereocenters. The maximum atomic E-state index is 13.0. The molecule has 24 heavy (non-hydrogen) atoms. The first kappa shape index (κ1) is 16.2. The van der Waals surface area contributed by atoms with E-state index in [9.17, 15) is 18.0 Å². The Bertz CT molecular complexity index is 744. The normalized spacial score (nSPS) is 17.2. The number of para-hydroxylation sites is 1. The van der Waals surface area contributed by atoms with Gasteiger partial charge in [-0.05, 0) is 29.8 Å². The largest absolute Gasteiger partial charge is 0.497 e. The Morgan fingerprint density at radius 3 is 2.42 bits per heavy atom. The SMILES string of the molecule is COc1ccc([C@@H]2Nc3ccccc3C(=O)N2CC(F)(F)F)cc1. The Morgan fingerprint density at radius 1 is 1.12 bits per heavy atom. The van der Waals surface area contributed by atoms with Crippen LogP contribution in [0, 0.1) is 0 Å². The molecule has 0 spiro atoms. The Kier molecular flexibility index (Phi) is 4.09. The maximum absolute atomic E-state index is 13.0. The molecule has 0 aliphatic carbocycles. The molecule has 0 unspecified atom stereocenters. The number of rotatable bonds is 3. The van der Waals surface area contributed by atoms with E-state index >= 15 is 0 Å². The Morgan fingerprint density at radius 2 is 1.79 bits per heavy atom. The third kappa shape index (κ3) is 3.15. The van der Waals surface area contributed by atoms with Crippen molar-refractivity contribution in [2.75, 3.05) is 19.0 Å². The van der Waals surface area contributed by atoms with Crippen LogP contribution in [-0.2, 0) is 0 Å². The molecule has 0 radical (unpaired) electrons. The van der Waals surface area contributed by atoms with E-state index in [4.69, 9.17) is 4.74 Å². The van der Waals surface area contributed by atoms with Crippen molar-refractivity contribution in [1.82, 2.24) is 4.90 Å². The van der Waals surface area contributed by atoms with Gasteiger partial charge in [-0.2, -0.15) is 13.2 Å². The zero-order chi connectivity index (χ0) is 17.3. The summed E-state index contributed by atoms with van der Waals surface area (Å²) in [5.41, 5.74) is 1.29. The van der Waals surface area contributed by atoms with Gasteiger partial charge in [-0.3, -0.25) is 4.79 Å². The fraction of sp³-hybridized carbons (Fsp3) is 0.235. The third-order valence-electron chi connectivity index (χ3n) is 3.80. The lowest BCUT2D eigenvalue weighted by molar-refractivity contribution is -0.144. The number of halogens is 3. The van der Waals surface area contributed by atoms with Gasteiger partial charge in [0.05, 0.1) is 12.7 Å². The van der Waals surface area contributed by atoms with E-state index in [0.29, 0.717) is 17.0 Å². The van der Waals surface area contributed by atoms with E-state index in [1.165, 1.54) is 13.2 Å². The van der Waals surface area contributed by atoms with E-state index in [0.717, 1.165) is 4.90 Å². The van der Waals surface area contributed by atoms with Crippen molar-refractivity contribution in [3.05, 3.63) is 59.7 Å². The highest BCUT2D eigenvalue weighted by molar-refractivity contribution is 6.01. The average Bonchev–Trinajstić information content (AvgIpc) is 2.56. The van der Waals surface area contributed by atoms with Crippen molar-refractivity contribution in [2.24, 2.45) is 0 Å². The van der Waals surface area contributed by atoms with E-state index in [-0.39, 0.29) is 5.56 Å². The second-order valence-corrected chi connectivity index (χ2v) is 5.41. The lowest BCUT2D eigenvalue weighted by Gasteiger charge is -2.38. The van der Waals surface area contributed by atoms with E-state index in [1.54, 1.807) is 42.5 Å². The second kappa shape index (κ2) is 6.07. The summed E-state index contributed by atoms with van der Waals surface area (Å²) in [4.78, 5) is 13.4. The fourth-order valence-electron chi connectivity index (χ4n) is 2.70. The first-order valence-electron chi connectivity index (χ1n) is 7.26. The van der Waals surface area contributed by atoms with Crippen LogP contribution >= 0.6 is 0 Å². The number of hydrogen-bond donors (Lipinski definition) is 1. The van der Waals surface area contributed by atoms with Crippen LogP contribution in [0.1, 0.15) is 22.1 Å². The summed E-state index contributed by atoms with van der Waals surface area (Å²) >= 11 is 0. The summed E-state index contributed by atoms with van der Waals surface area (Å²) in [5, 5.41) is 3.02. The van der Waals surface area contributed by atoms with Gasteiger partial charge in [-0.25, -0.2) is 0 Å². The summed E-state index contributed by atoms with van der Waals surface area (Å²) in [6, 6.07) is 13.1. The van der Waals surface area contributed by atoms with Crippen molar-refractivity contribution < 1.29 is 22.7 Å². The number of anilines is 1. The molecule has 0 saturated carbocycles. The molecule has 2 aromatic carbocycles. The number of ether oxygens (including phenoxy) is 1. The fourth-order valence-corrected chi connectivity index (χ4v) is 2.70. The molecular weight excluding hydrogens is 321 g/mol. The molecule has 0 saturated heterocycles. The lowest BCUT2D eigenvalue weighted by Crippen LogP contribution is -2.47. The van der Waals surface area contributed by atoms with Crippen LogP contribution in [0.25, 0.3) is 0 Å². The Balaban J connectivity index is 2.01. The number of alkyl halides is 3. The van der Waals surface area contributed by atoms with Crippen LogP contribution in [0.15, 0.2) is 48.5 Å². The number of amides is 1. The number of hydrogen-bond acceptors (Lipinski definition) is 3. The lowest BCUT2D eigenvalue weighted by atomic mass is 10.0. The number of methoxy groups -OCH3 is 1. The predicted molar refractivity (Wildman–Crippen MR) is 82.9 cm³/mol. The molecule has 1 amide bonds. The minimum absolute atomic E-state index is 0.228. The second-order valence-electron chi connectivity index (χ2n) is 5.41. The molecule has 1 heterocycles. The molecular formula is C17H15F3N2O2. The summed E-state index contributed by atoms with van der Waals surface area (Å²) in [5.74, 6) is -0.0637. The molecule has 126 valence electrons. The van der Waals surface area contributed by atoms with Crippen molar-refractivity contribution in [1.29, 1.82) is 0 Å². The number of nitrogens with one attached hydrogen (secondary N) is 1. The molecule has 0 bridgehead atoms. The topological polar surface area (TPSA) is 41.6 Å². The first-order chi connectivity index (χ1) is 11.4. The summed E-state index contributed by atoms with van der Waals surface area (Å²) in [7, 11) is 1.50. The average molecular weight is 336 g/mol. The Labute approximate surface area is 136 Å². The van der Waals surface area contributed by atoms with Gasteiger partial charge in [0, 0.05) is 5.69 Å². The molecule has 2 aromatic rings. The van der Waals surface area contributed by atoms with Gasteiger partial charge in [0.2, 0.25) is 0 Å². The standard InChI is InChI=1S/C17H15F3N2O2/c1-24-12-8-6-11(7-9-12)15-21-14-5-3-2-4-13(14)16(23)22(15)10-17(18,19)20/h2-9,15,21H,10H2,1H3/t15-/m1/s1. The van der Waals surface area contributed by atoms with Gasteiger partial charge in [-0.15, -0.1) is 0 Å². The van der Waals surface area contributed by atoms with E-state index < -0.39 is 24.8 Å². The molecule has 1 N–H and O–H groups in total. The van der Waals surface area contributed by atoms with E-state index in [2.05, 4.69) is 5.32 Å². The van der Waals surface area contributed by atoms with Gasteiger partial charge in [0.15, 0.2) is 0 Å². The molecule has 1 aliphatic heterocycles. The summed E-state index contributed by atoms with van der Waals surface area (Å²) in [6.45, 7) is -1.33. The predicted octanol–water partition coefficient (Wildman–Crippen LogP) is 3.82. The van der Waals surface area contributed by atoms with Crippen molar-refractivity contribution in [3.8, 4) is 5.75 Å².